The number of nitrogens with one attached hydrogen (secondary N) is 1. The second kappa shape index (κ2) is 6.70. The lowest BCUT2D eigenvalue weighted by atomic mass is 10.1. The molecule has 1 aromatic carbocycles. The first-order chi connectivity index (χ1) is 9.63. The van der Waals surface area contributed by atoms with Gasteiger partial charge in [-0.05, 0) is 49.2 Å². The Morgan fingerprint density at radius 3 is 2.60 bits per heavy atom. The zero-order valence-corrected chi connectivity index (χ0v) is 11.7. The van der Waals surface area contributed by atoms with Crippen molar-refractivity contribution in [3.63, 3.8) is 0 Å². The van der Waals surface area contributed by atoms with E-state index in [1.165, 1.54) is 0 Å². The minimum atomic E-state index is -0.158. The second-order valence-electron chi connectivity index (χ2n) is 4.71. The molecule has 4 heteroatoms. The molecule has 1 aromatic heterocycles. The van der Waals surface area contributed by atoms with Gasteiger partial charge in [0.1, 0.15) is 5.75 Å². The number of aryl methyl sites for hydroxylation is 2. The molecule has 20 heavy (non-hydrogen) atoms. The van der Waals surface area contributed by atoms with Crippen LogP contribution in [0.4, 0.5) is 0 Å². The van der Waals surface area contributed by atoms with Crippen LogP contribution < -0.4 is 10.1 Å². The summed E-state index contributed by atoms with van der Waals surface area (Å²) in [5, 5.41) is 2.77. The predicted molar refractivity (Wildman–Crippen MR) is 77.5 cm³/mol. The summed E-state index contributed by atoms with van der Waals surface area (Å²) in [5.41, 5.74) is 3.06. The molecule has 104 valence electrons. The molecule has 0 atom stereocenters. The first-order valence-electron chi connectivity index (χ1n) is 6.51. The third kappa shape index (κ3) is 4.39. The molecule has 0 bridgehead atoms. The van der Waals surface area contributed by atoms with Crippen molar-refractivity contribution in [1.82, 2.24) is 10.3 Å². The van der Waals surface area contributed by atoms with Gasteiger partial charge in [-0.25, -0.2) is 0 Å². The molecule has 0 aliphatic heterocycles. The summed E-state index contributed by atoms with van der Waals surface area (Å²) in [6, 6.07) is 11.5. The van der Waals surface area contributed by atoms with Crippen LogP contribution in [0.25, 0.3) is 0 Å². The number of hydrogen-bond donors (Lipinski definition) is 1. The number of carbonyl (C=O) groups is 1. The van der Waals surface area contributed by atoms with Crippen molar-refractivity contribution < 1.29 is 9.53 Å². The molecule has 4 nitrogen and oxygen atoms in total. The quantitative estimate of drug-likeness (QED) is 0.907. The molecule has 0 saturated carbocycles. The fraction of sp³-hybridized carbons (Fsp3) is 0.250. The zero-order chi connectivity index (χ0) is 14.4. The van der Waals surface area contributed by atoms with Crippen LogP contribution in [0.2, 0.25) is 0 Å². The Morgan fingerprint density at radius 2 is 1.95 bits per heavy atom. The lowest BCUT2D eigenvalue weighted by Gasteiger charge is -2.08. The zero-order valence-electron chi connectivity index (χ0n) is 11.7. The Morgan fingerprint density at radius 1 is 1.20 bits per heavy atom. The standard InChI is InChI=1S/C16H18N2O2/c1-12-7-13(2)9-15(8-12)20-11-16(19)18-10-14-5-3-4-6-17-14/h3-9H,10-11H2,1-2H3,(H,18,19). The Hall–Kier alpha value is -2.36. The van der Waals surface area contributed by atoms with Crippen molar-refractivity contribution in [3.05, 3.63) is 59.4 Å². The number of benzene rings is 1. The van der Waals surface area contributed by atoms with Crippen LogP contribution >= 0.6 is 0 Å². The number of hydrogen-bond acceptors (Lipinski definition) is 3. The molecule has 0 aliphatic carbocycles. The van der Waals surface area contributed by atoms with E-state index in [0.29, 0.717) is 6.54 Å². The molecule has 1 N–H and O–H groups in total. The molecule has 0 radical (unpaired) electrons. The van der Waals surface area contributed by atoms with E-state index < -0.39 is 0 Å². The van der Waals surface area contributed by atoms with E-state index in [-0.39, 0.29) is 12.5 Å². The Bertz CT molecular complexity index is 562. The molecular formula is C16H18N2O2. The van der Waals surface area contributed by atoms with E-state index in [1.54, 1.807) is 6.20 Å². The largest absolute Gasteiger partial charge is 0.484 e. The summed E-state index contributed by atoms with van der Waals surface area (Å²) < 4.78 is 5.49. The van der Waals surface area contributed by atoms with Gasteiger partial charge in [0.15, 0.2) is 6.61 Å². The minimum absolute atomic E-state index is 0.00965. The fourth-order valence-electron chi connectivity index (χ4n) is 1.91. The monoisotopic (exact) mass is 270 g/mol. The molecule has 0 fully saturated rings. The van der Waals surface area contributed by atoms with Crippen LogP contribution in [-0.2, 0) is 11.3 Å². The third-order valence-electron chi connectivity index (χ3n) is 2.76. The minimum Gasteiger partial charge on any atom is -0.484 e. The van der Waals surface area contributed by atoms with Crippen LogP contribution in [0, 0.1) is 13.8 Å². The van der Waals surface area contributed by atoms with Gasteiger partial charge in [0, 0.05) is 6.20 Å². The average Bonchev–Trinajstić information content (AvgIpc) is 2.43. The lowest BCUT2D eigenvalue weighted by Crippen LogP contribution is -2.28. The highest BCUT2D eigenvalue weighted by atomic mass is 16.5. The number of carbonyl (C=O) groups excluding carboxylic acids is 1. The van der Waals surface area contributed by atoms with Gasteiger partial charge in [-0.2, -0.15) is 0 Å². The first kappa shape index (κ1) is 14.1. The molecule has 0 spiro atoms. The van der Waals surface area contributed by atoms with Gasteiger partial charge in [-0.1, -0.05) is 12.1 Å². The number of ether oxygens (including phenoxy) is 1. The summed E-state index contributed by atoms with van der Waals surface area (Å²) in [7, 11) is 0. The highest BCUT2D eigenvalue weighted by Gasteiger charge is 2.04. The predicted octanol–water partition coefficient (Wildman–Crippen LogP) is 2.39. The molecule has 0 saturated heterocycles. The van der Waals surface area contributed by atoms with Gasteiger partial charge in [0.2, 0.25) is 0 Å². The van der Waals surface area contributed by atoms with Crippen molar-refractivity contribution >= 4 is 5.91 Å². The van der Waals surface area contributed by atoms with E-state index >= 15 is 0 Å². The highest BCUT2D eigenvalue weighted by molar-refractivity contribution is 5.77. The Balaban J connectivity index is 1.80. The Kier molecular flexibility index (Phi) is 4.71. The second-order valence-corrected chi connectivity index (χ2v) is 4.71. The smallest absolute Gasteiger partial charge is 0.258 e. The van der Waals surface area contributed by atoms with Crippen LogP contribution in [0.3, 0.4) is 0 Å². The van der Waals surface area contributed by atoms with Crippen LogP contribution in [0.15, 0.2) is 42.6 Å². The fourth-order valence-corrected chi connectivity index (χ4v) is 1.91. The van der Waals surface area contributed by atoms with E-state index in [0.717, 1.165) is 22.6 Å². The van der Waals surface area contributed by atoms with Crippen molar-refractivity contribution in [3.8, 4) is 5.75 Å². The van der Waals surface area contributed by atoms with Gasteiger partial charge in [-0.15, -0.1) is 0 Å². The topological polar surface area (TPSA) is 51.2 Å². The van der Waals surface area contributed by atoms with E-state index in [9.17, 15) is 4.79 Å². The molecule has 0 unspecified atom stereocenters. The first-order valence-corrected chi connectivity index (χ1v) is 6.51. The summed E-state index contributed by atoms with van der Waals surface area (Å²) in [6.45, 7) is 4.42. The molecule has 1 amide bonds. The van der Waals surface area contributed by atoms with E-state index in [2.05, 4.69) is 16.4 Å². The van der Waals surface area contributed by atoms with Crippen molar-refractivity contribution in [2.24, 2.45) is 0 Å². The van der Waals surface area contributed by atoms with Gasteiger partial charge < -0.3 is 10.1 Å². The highest BCUT2D eigenvalue weighted by Crippen LogP contribution is 2.15. The van der Waals surface area contributed by atoms with Crippen LogP contribution in [-0.4, -0.2) is 17.5 Å². The van der Waals surface area contributed by atoms with Gasteiger partial charge in [-0.3, -0.25) is 9.78 Å². The number of amides is 1. The van der Waals surface area contributed by atoms with Crippen LogP contribution in [0.5, 0.6) is 5.75 Å². The van der Waals surface area contributed by atoms with Crippen molar-refractivity contribution in [2.75, 3.05) is 6.61 Å². The number of nitrogens with zero attached hydrogens (tertiary/aromatic N) is 1. The maximum Gasteiger partial charge on any atom is 0.258 e. The Labute approximate surface area is 118 Å². The summed E-state index contributed by atoms with van der Waals surface area (Å²) in [5.74, 6) is 0.560. The lowest BCUT2D eigenvalue weighted by molar-refractivity contribution is -0.123. The maximum absolute atomic E-state index is 11.7. The van der Waals surface area contributed by atoms with Crippen molar-refractivity contribution in [2.45, 2.75) is 20.4 Å². The summed E-state index contributed by atoms with van der Waals surface area (Å²) in [6.07, 6.45) is 1.70. The number of pyridine rings is 1. The molecule has 2 aromatic rings. The van der Waals surface area contributed by atoms with Crippen molar-refractivity contribution in [1.29, 1.82) is 0 Å². The van der Waals surface area contributed by atoms with Crippen LogP contribution in [0.1, 0.15) is 16.8 Å². The molecular weight excluding hydrogens is 252 g/mol. The van der Waals surface area contributed by atoms with E-state index in [1.807, 2.05) is 44.2 Å². The number of rotatable bonds is 5. The van der Waals surface area contributed by atoms with Gasteiger partial charge >= 0.3 is 0 Å². The third-order valence-corrected chi connectivity index (χ3v) is 2.76. The molecule has 1 heterocycles. The average molecular weight is 270 g/mol. The number of aromatic nitrogens is 1. The van der Waals surface area contributed by atoms with E-state index in [4.69, 9.17) is 4.74 Å². The molecule has 0 aliphatic rings. The summed E-state index contributed by atoms with van der Waals surface area (Å²) >= 11 is 0. The van der Waals surface area contributed by atoms with Gasteiger partial charge in [0.05, 0.1) is 12.2 Å². The maximum atomic E-state index is 11.7. The SMILES string of the molecule is Cc1cc(C)cc(OCC(=O)NCc2ccccn2)c1. The van der Waals surface area contributed by atoms with Gasteiger partial charge in [0.25, 0.3) is 5.91 Å². The summed E-state index contributed by atoms with van der Waals surface area (Å²) in [4.78, 5) is 15.8. The molecule has 2 rings (SSSR count). The normalized spacial score (nSPS) is 10.1.